The van der Waals surface area contributed by atoms with Gasteiger partial charge in [-0.2, -0.15) is 0 Å². The average Bonchev–Trinajstić information content (AvgIpc) is 2.95. The first-order valence-corrected chi connectivity index (χ1v) is 7.70. The van der Waals surface area contributed by atoms with Crippen LogP contribution in [0, 0.1) is 5.92 Å². The Morgan fingerprint density at radius 1 is 1.36 bits per heavy atom. The largest absolute Gasteiger partial charge is 0.467 e. The minimum absolute atomic E-state index is 0.104. The predicted molar refractivity (Wildman–Crippen MR) is 81.4 cm³/mol. The minimum atomic E-state index is -0.344. The molecule has 2 rings (SSSR count). The molecule has 1 aliphatic heterocycles. The molecule has 0 N–H and O–H groups in total. The summed E-state index contributed by atoms with van der Waals surface area (Å²) in [7, 11) is 3.59. The second kappa shape index (κ2) is 7.45. The Hall–Kier alpha value is -1.82. The molecule has 0 radical (unpaired) electrons. The maximum Gasteiger partial charge on any atom is 0.341 e. The summed E-state index contributed by atoms with van der Waals surface area (Å²) < 4.78 is 10.5. The van der Waals surface area contributed by atoms with Crippen molar-refractivity contribution in [1.29, 1.82) is 0 Å². The standard InChI is InChI=1S/C16H24N2O4/c1-4-21-16(20)13-7-10-22-14(13)11-18-8-5-12(6-9-18)15(19)17(2)3/h7,10,12H,4-6,8-9,11H2,1-3H3. The third kappa shape index (κ3) is 3.88. The van der Waals surface area contributed by atoms with Crippen molar-refractivity contribution in [3.8, 4) is 0 Å². The van der Waals surface area contributed by atoms with Crippen LogP contribution in [-0.2, 0) is 16.1 Å². The number of ether oxygens (including phenoxy) is 1. The number of nitrogens with zero attached hydrogens (tertiary/aromatic N) is 2. The predicted octanol–water partition coefficient (Wildman–Crippen LogP) is 1.76. The molecule has 0 aromatic carbocycles. The molecular weight excluding hydrogens is 284 g/mol. The Morgan fingerprint density at radius 3 is 2.64 bits per heavy atom. The van der Waals surface area contributed by atoms with Crippen LogP contribution in [0.3, 0.4) is 0 Å². The molecule has 0 atom stereocenters. The van der Waals surface area contributed by atoms with Crippen molar-refractivity contribution < 1.29 is 18.7 Å². The highest BCUT2D eigenvalue weighted by Gasteiger charge is 2.27. The van der Waals surface area contributed by atoms with Gasteiger partial charge in [0.15, 0.2) is 0 Å². The number of furan rings is 1. The zero-order valence-electron chi connectivity index (χ0n) is 13.5. The summed E-state index contributed by atoms with van der Waals surface area (Å²) in [5.41, 5.74) is 0.494. The van der Waals surface area contributed by atoms with Crippen LogP contribution in [0.15, 0.2) is 16.7 Å². The molecule has 1 amide bonds. The van der Waals surface area contributed by atoms with Crippen molar-refractivity contribution >= 4 is 11.9 Å². The van der Waals surface area contributed by atoms with Crippen molar-refractivity contribution in [2.75, 3.05) is 33.8 Å². The molecule has 0 saturated carbocycles. The molecule has 0 unspecified atom stereocenters. The Kier molecular flexibility index (Phi) is 5.60. The molecule has 6 heteroatoms. The monoisotopic (exact) mass is 308 g/mol. The summed E-state index contributed by atoms with van der Waals surface area (Å²) in [5.74, 6) is 0.594. The van der Waals surface area contributed by atoms with Crippen LogP contribution in [0.1, 0.15) is 35.9 Å². The van der Waals surface area contributed by atoms with E-state index in [4.69, 9.17) is 9.15 Å². The van der Waals surface area contributed by atoms with Crippen molar-refractivity contribution in [2.45, 2.75) is 26.3 Å². The van der Waals surface area contributed by atoms with Gasteiger partial charge in [-0.05, 0) is 38.9 Å². The number of carbonyl (C=O) groups excluding carboxylic acids is 2. The normalized spacial score (nSPS) is 16.5. The lowest BCUT2D eigenvalue weighted by Crippen LogP contribution is -2.39. The van der Waals surface area contributed by atoms with Crippen LogP contribution in [0.4, 0.5) is 0 Å². The first-order chi connectivity index (χ1) is 10.5. The maximum absolute atomic E-state index is 12.0. The highest BCUT2D eigenvalue weighted by atomic mass is 16.5. The zero-order chi connectivity index (χ0) is 16.1. The lowest BCUT2D eigenvalue weighted by Gasteiger charge is -2.31. The van der Waals surface area contributed by atoms with Gasteiger partial charge in [-0.15, -0.1) is 0 Å². The quantitative estimate of drug-likeness (QED) is 0.776. The van der Waals surface area contributed by atoms with Gasteiger partial charge in [0.1, 0.15) is 11.3 Å². The number of rotatable bonds is 5. The van der Waals surface area contributed by atoms with Crippen molar-refractivity contribution in [3.05, 3.63) is 23.7 Å². The Labute approximate surface area is 131 Å². The fourth-order valence-corrected chi connectivity index (χ4v) is 2.76. The number of esters is 1. The van der Waals surface area contributed by atoms with Crippen LogP contribution >= 0.6 is 0 Å². The fourth-order valence-electron chi connectivity index (χ4n) is 2.76. The number of carbonyl (C=O) groups is 2. The number of likely N-dealkylation sites (tertiary alicyclic amines) is 1. The molecule has 6 nitrogen and oxygen atoms in total. The Balaban J connectivity index is 1.90. The molecule has 0 aliphatic carbocycles. The van der Waals surface area contributed by atoms with Crippen molar-refractivity contribution in [2.24, 2.45) is 5.92 Å². The third-order valence-electron chi connectivity index (χ3n) is 3.99. The van der Waals surface area contributed by atoms with Crippen LogP contribution in [0.2, 0.25) is 0 Å². The van der Waals surface area contributed by atoms with Gasteiger partial charge in [-0.3, -0.25) is 9.69 Å². The summed E-state index contributed by atoms with van der Waals surface area (Å²) in [5, 5.41) is 0. The van der Waals surface area contributed by atoms with E-state index in [-0.39, 0.29) is 17.8 Å². The molecule has 122 valence electrons. The van der Waals surface area contributed by atoms with Gasteiger partial charge >= 0.3 is 5.97 Å². The summed E-state index contributed by atoms with van der Waals surface area (Å²) in [6.45, 7) is 4.36. The van der Waals surface area contributed by atoms with Gasteiger partial charge in [0.05, 0.1) is 19.4 Å². The van der Waals surface area contributed by atoms with Gasteiger partial charge < -0.3 is 14.1 Å². The van der Waals surface area contributed by atoms with E-state index in [1.54, 1.807) is 32.0 Å². The van der Waals surface area contributed by atoms with Crippen LogP contribution in [0.25, 0.3) is 0 Å². The number of amides is 1. The molecule has 22 heavy (non-hydrogen) atoms. The van der Waals surface area contributed by atoms with E-state index < -0.39 is 0 Å². The van der Waals surface area contributed by atoms with E-state index in [0.717, 1.165) is 25.9 Å². The van der Waals surface area contributed by atoms with Gasteiger partial charge in [-0.1, -0.05) is 0 Å². The highest BCUT2D eigenvalue weighted by Crippen LogP contribution is 2.22. The molecule has 0 bridgehead atoms. The molecule has 1 aromatic rings. The number of piperidine rings is 1. The summed E-state index contributed by atoms with van der Waals surface area (Å²) in [4.78, 5) is 27.7. The Morgan fingerprint density at radius 2 is 2.05 bits per heavy atom. The van der Waals surface area contributed by atoms with E-state index in [1.165, 1.54) is 6.26 Å². The molecule has 1 aromatic heterocycles. The second-order valence-electron chi connectivity index (χ2n) is 5.76. The van der Waals surface area contributed by atoms with Crippen LogP contribution in [0.5, 0.6) is 0 Å². The van der Waals surface area contributed by atoms with E-state index >= 15 is 0 Å². The van der Waals surface area contributed by atoms with Crippen LogP contribution in [-0.4, -0.2) is 55.5 Å². The van der Waals surface area contributed by atoms with Crippen molar-refractivity contribution in [3.63, 3.8) is 0 Å². The van der Waals surface area contributed by atoms with Crippen LogP contribution < -0.4 is 0 Å². The average molecular weight is 308 g/mol. The second-order valence-corrected chi connectivity index (χ2v) is 5.76. The molecular formula is C16H24N2O4. The minimum Gasteiger partial charge on any atom is -0.467 e. The molecule has 2 heterocycles. The summed E-state index contributed by atoms with van der Waals surface area (Å²) in [6.07, 6.45) is 3.20. The first-order valence-electron chi connectivity index (χ1n) is 7.70. The van der Waals surface area contributed by atoms with Gasteiger partial charge in [0.25, 0.3) is 0 Å². The SMILES string of the molecule is CCOC(=O)c1ccoc1CN1CCC(C(=O)N(C)C)CC1. The van der Waals surface area contributed by atoms with Gasteiger partial charge in [0.2, 0.25) is 5.91 Å². The van der Waals surface area contributed by atoms with Crippen molar-refractivity contribution in [1.82, 2.24) is 9.80 Å². The summed E-state index contributed by atoms with van der Waals surface area (Å²) in [6, 6.07) is 1.65. The van der Waals surface area contributed by atoms with E-state index in [2.05, 4.69) is 4.90 Å². The molecule has 1 saturated heterocycles. The van der Waals surface area contributed by atoms with Gasteiger partial charge in [-0.25, -0.2) is 4.79 Å². The smallest absolute Gasteiger partial charge is 0.341 e. The lowest BCUT2D eigenvalue weighted by molar-refractivity contribution is -0.134. The van der Waals surface area contributed by atoms with Gasteiger partial charge in [0, 0.05) is 20.0 Å². The molecule has 1 fully saturated rings. The number of hydrogen-bond acceptors (Lipinski definition) is 5. The van der Waals surface area contributed by atoms with E-state index in [1.807, 2.05) is 0 Å². The lowest BCUT2D eigenvalue weighted by atomic mass is 9.95. The molecule has 0 spiro atoms. The Bertz CT molecular complexity index is 516. The summed E-state index contributed by atoms with van der Waals surface area (Å²) >= 11 is 0. The first kappa shape index (κ1) is 16.5. The third-order valence-corrected chi connectivity index (χ3v) is 3.99. The topological polar surface area (TPSA) is 63.0 Å². The maximum atomic E-state index is 12.0. The fraction of sp³-hybridized carbons (Fsp3) is 0.625. The molecule has 1 aliphatic rings. The highest BCUT2D eigenvalue weighted by molar-refractivity contribution is 5.90. The zero-order valence-corrected chi connectivity index (χ0v) is 13.5. The number of hydrogen-bond donors (Lipinski definition) is 0. The van der Waals surface area contributed by atoms with E-state index in [9.17, 15) is 9.59 Å². The van der Waals surface area contributed by atoms with E-state index in [0.29, 0.717) is 24.5 Å².